The maximum absolute atomic E-state index is 13.6. The van der Waals surface area contributed by atoms with Crippen LogP contribution in [0.2, 0.25) is 0 Å². The summed E-state index contributed by atoms with van der Waals surface area (Å²) in [5.74, 6) is 2.00. The molecule has 1 saturated carbocycles. The summed E-state index contributed by atoms with van der Waals surface area (Å²) in [6.45, 7) is 6.89. The molecule has 0 bridgehead atoms. The van der Waals surface area contributed by atoms with Gasteiger partial charge in [0.2, 0.25) is 5.91 Å². The van der Waals surface area contributed by atoms with Crippen LogP contribution in [0.15, 0.2) is 24.3 Å². The molecule has 2 aliphatic rings. The maximum atomic E-state index is 13.6. The Morgan fingerprint density at radius 2 is 1.89 bits per heavy atom. The van der Waals surface area contributed by atoms with Crippen LogP contribution in [0, 0.1) is 25.6 Å². The molecule has 5 nitrogen and oxygen atoms in total. The van der Waals surface area contributed by atoms with Gasteiger partial charge in [-0.05, 0) is 44.4 Å². The molecule has 0 N–H and O–H groups in total. The Bertz CT molecular complexity index is 857. The monoisotopic (exact) mass is 368 g/mol. The van der Waals surface area contributed by atoms with Crippen LogP contribution in [0.4, 0.5) is 10.2 Å². The molecular weight excluding hydrogens is 343 g/mol. The summed E-state index contributed by atoms with van der Waals surface area (Å²) >= 11 is 0. The highest BCUT2D eigenvalue weighted by Gasteiger charge is 2.35. The summed E-state index contributed by atoms with van der Waals surface area (Å²) in [6, 6.07) is 6.68. The molecule has 2 heterocycles. The van der Waals surface area contributed by atoms with E-state index in [1.54, 1.807) is 12.1 Å². The van der Waals surface area contributed by atoms with E-state index in [1.807, 2.05) is 24.8 Å². The number of carbonyl (C=O) groups is 1. The Morgan fingerprint density at radius 1 is 1.15 bits per heavy atom. The fourth-order valence-electron chi connectivity index (χ4n) is 3.76. The molecule has 1 aliphatic heterocycles. The number of rotatable bonds is 4. The third-order valence-electron chi connectivity index (χ3n) is 5.39. The van der Waals surface area contributed by atoms with Crippen molar-refractivity contribution in [1.82, 2.24) is 14.9 Å². The largest absolute Gasteiger partial charge is 0.353 e. The lowest BCUT2D eigenvalue weighted by Gasteiger charge is -2.36. The molecule has 0 radical (unpaired) electrons. The molecule has 0 unspecified atom stereocenters. The van der Waals surface area contributed by atoms with Crippen molar-refractivity contribution in [2.24, 2.45) is 5.92 Å². The number of aryl methyl sites for hydroxylation is 2. The number of hydrogen-bond donors (Lipinski definition) is 0. The van der Waals surface area contributed by atoms with Crippen molar-refractivity contribution in [3.05, 3.63) is 52.7 Å². The highest BCUT2D eigenvalue weighted by molar-refractivity contribution is 5.81. The molecular formula is C21H25FN4O. The first kappa shape index (κ1) is 17.9. The molecule has 0 atom stereocenters. The van der Waals surface area contributed by atoms with E-state index in [-0.39, 0.29) is 11.7 Å². The van der Waals surface area contributed by atoms with E-state index in [1.165, 1.54) is 6.07 Å². The number of aromatic nitrogens is 2. The van der Waals surface area contributed by atoms with Gasteiger partial charge in [-0.1, -0.05) is 12.1 Å². The molecule has 27 heavy (non-hydrogen) atoms. The number of amides is 1. The third-order valence-corrected chi connectivity index (χ3v) is 5.39. The number of benzene rings is 1. The average molecular weight is 368 g/mol. The van der Waals surface area contributed by atoms with Gasteiger partial charge >= 0.3 is 0 Å². The molecule has 2 aromatic rings. The first-order valence-electron chi connectivity index (χ1n) is 9.63. The highest BCUT2D eigenvalue weighted by Crippen LogP contribution is 2.32. The summed E-state index contributed by atoms with van der Waals surface area (Å²) in [6.07, 6.45) is 2.68. The minimum Gasteiger partial charge on any atom is -0.353 e. The predicted octanol–water partition coefficient (Wildman–Crippen LogP) is 2.88. The van der Waals surface area contributed by atoms with Gasteiger partial charge in [-0.3, -0.25) is 4.79 Å². The first-order valence-corrected chi connectivity index (χ1v) is 9.63. The van der Waals surface area contributed by atoms with Crippen molar-refractivity contribution in [1.29, 1.82) is 0 Å². The summed E-state index contributed by atoms with van der Waals surface area (Å²) < 4.78 is 13.6. The fourth-order valence-corrected chi connectivity index (χ4v) is 3.76. The Morgan fingerprint density at radius 3 is 2.56 bits per heavy atom. The molecule has 2 fully saturated rings. The van der Waals surface area contributed by atoms with E-state index in [9.17, 15) is 9.18 Å². The lowest BCUT2D eigenvalue weighted by Crippen LogP contribution is -2.49. The van der Waals surface area contributed by atoms with Crippen LogP contribution in [-0.2, 0) is 11.2 Å². The number of halogens is 1. The van der Waals surface area contributed by atoms with Crippen molar-refractivity contribution in [2.75, 3.05) is 31.1 Å². The number of hydrogen-bond acceptors (Lipinski definition) is 4. The van der Waals surface area contributed by atoms with Crippen molar-refractivity contribution in [3.8, 4) is 0 Å². The molecule has 142 valence electrons. The lowest BCUT2D eigenvalue weighted by molar-refractivity contribution is -0.132. The minimum absolute atomic E-state index is 0.230. The zero-order chi connectivity index (χ0) is 19.0. The smallest absolute Gasteiger partial charge is 0.225 e. The van der Waals surface area contributed by atoms with Gasteiger partial charge < -0.3 is 9.80 Å². The van der Waals surface area contributed by atoms with Gasteiger partial charge in [0.1, 0.15) is 17.5 Å². The van der Waals surface area contributed by atoms with Crippen LogP contribution >= 0.6 is 0 Å². The summed E-state index contributed by atoms with van der Waals surface area (Å²) in [7, 11) is 0. The van der Waals surface area contributed by atoms with Crippen LogP contribution in [-0.4, -0.2) is 47.0 Å². The normalized spacial score (nSPS) is 17.3. The Kier molecular flexibility index (Phi) is 4.81. The Hall–Kier alpha value is -2.50. The number of piperazine rings is 1. The average Bonchev–Trinajstić information content (AvgIpc) is 3.48. The van der Waals surface area contributed by atoms with E-state index < -0.39 is 0 Å². The van der Waals surface area contributed by atoms with Crippen molar-refractivity contribution in [2.45, 2.75) is 33.1 Å². The van der Waals surface area contributed by atoms with E-state index in [0.717, 1.165) is 67.5 Å². The fraction of sp³-hybridized carbons (Fsp3) is 0.476. The molecule has 1 aromatic carbocycles. The standard InChI is InChI=1S/C21H25FN4O/c1-14-19(13-16-4-3-5-18(22)12-16)20(24-15(2)23-14)25-8-10-26(11-9-25)21(27)17-6-7-17/h3-5,12,17H,6-11,13H2,1-2H3. The zero-order valence-electron chi connectivity index (χ0n) is 15.9. The second kappa shape index (κ2) is 7.25. The van der Waals surface area contributed by atoms with Gasteiger partial charge in [0.15, 0.2) is 0 Å². The van der Waals surface area contributed by atoms with E-state index >= 15 is 0 Å². The third kappa shape index (κ3) is 3.94. The second-order valence-corrected chi connectivity index (χ2v) is 7.55. The van der Waals surface area contributed by atoms with Crippen LogP contribution in [0.25, 0.3) is 0 Å². The van der Waals surface area contributed by atoms with Gasteiger partial charge in [0.05, 0.1) is 0 Å². The Labute approximate surface area is 159 Å². The van der Waals surface area contributed by atoms with Crippen molar-refractivity contribution >= 4 is 11.7 Å². The predicted molar refractivity (Wildman–Crippen MR) is 102 cm³/mol. The zero-order valence-corrected chi connectivity index (χ0v) is 15.9. The SMILES string of the molecule is Cc1nc(C)c(Cc2cccc(F)c2)c(N2CCN(C(=O)C3CC3)CC2)n1. The van der Waals surface area contributed by atoms with Gasteiger partial charge in [0.25, 0.3) is 0 Å². The van der Waals surface area contributed by atoms with Gasteiger partial charge in [0, 0.05) is 49.8 Å². The number of carbonyl (C=O) groups excluding carboxylic acids is 1. The van der Waals surface area contributed by atoms with E-state index in [0.29, 0.717) is 12.3 Å². The molecule has 1 aromatic heterocycles. The summed E-state index contributed by atoms with van der Waals surface area (Å²) in [5, 5.41) is 0. The van der Waals surface area contributed by atoms with Crippen LogP contribution < -0.4 is 4.90 Å². The van der Waals surface area contributed by atoms with Crippen LogP contribution in [0.1, 0.15) is 35.5 Å². The first-order chi connectivity index (χ1) is 13.0. The molecule has 1 amide bonds. The van der Waals surface area contributed by atoms with Crippen LogP contribution in [0.5, 0.6) is 0 Å². The summed E-state index contributed by atoms with van der Waals surface area (Å²) in [5.41, 5.74) is 2.88. The van der Waals surface area contributed by atoms with Crippen molar-refractivity contribution in [3.63, 3.8) is 0 Å². The van der Waals surface area contributed by atoms with E-state index in [4.69, 9.17) is 4.98 Å². The lowest BCUT2D eigenvalue weighted by atomic mass is 10.0. The van der Waals surface area contributed by atoms with Crippen molar-refractivity contribution < 1.29 is 9.18 Å². The quantitative estimate of drug-likeness (QED) is 0.833. The highest BCUT2D eigenvalue weighted by atomic mass is 19.1. The van der Waals surface area contributed by atoms with Crippen LogP contribution in [0.3, 0.4) is 0 Å². The molecule has 1 aliphatic carbocycles. The number of nitrogens with zero attached hydrogens (tertiary/aromatic N) is 4. The van der Waals surface area contributed by atoms with Gasteiger partial charge in [-0.25, -0.2) is 14.4 Å². The Balaban J connectivity index is 1.56. The van der Waals surface area contributed by atoms with Gasteiger partial charge in [-0.2, -0.15) is 0 Å². The second-order valence-electron chi connectivity index (χ2n) is 7.55. The van der Waals surface area contributed by atoms with E-state index in [2.05, 4.69) is 9.88 Å². The number of anilines is 1. The molecule has 1 saturated heterocycles. The molecule has 6 heteroatoms. The molecule has 4 rings (SSSR count). The molecule has 0 spiro atoms. The summed E-state index contributed by atoms with van der Waals surface area (Å²) in [4.78, 5) is 25.8. The maximum Gasteiger partial charge on any atom is 0.225 e. The topological polar surface area (TPSA) is 49.3 Å². The minimum atomic E-state index is -0.230. The van der Waals surface area contributed by atoms with Gasteiger partial charge in [-0.15, -0.1) is 0 Å².